The van der Waals surface area contributed by atoms with E-state index in [0.717, 1.165) is 5.56 Å². The van der Waals surface area contributed by atoms with Crippen molar-refractivity contribution < 1.29 is 14.1 Å². The van der Waals surface area contributed by atoms with Gasteiger partial charge in [-0.05, 0) is 24.3 Å². The lowest BCUT2D eigenvalue weighted by molar-refractivity contribution is -0.890. The Kier molecular flexibility index (Phi) is 7.08. The summed E-state index contributed by atoms with van der Waals surface area (Å²) >= 11 is 7.10. The fraction of sp³-hybridized carbons (Fsp3) is 0.250. The molecule has 0 bridgehead atoms. The van der Waals surface area contributed by atoms with Crippen LogP contribution in [0.4, 0.5) is 0 Å². The van der Waals surface area contributed by atoms with Crippen LogP contribution < -0.4 is 10.2 Å². The number of aromatic nitrogens is 2. The number of likely N-dealkylation sites (N-methyl/N-ethyl adjacent to an activating group) is 1. The summed E-state index contributed by atoms with van der Waals surface area (Å²) in [5, 5.41) is 12.0. The number of amides is 1. The predicted octanol–water partition coefficient (Wildman–Crippen LogP) is 2.48. The molecule has 3 rings (SSSR count). The summed E-state index contributed by atoms with van der Waals surface area (Å²) < 4.78 is 5.61. The molecule has 28 heavy (non-hydrogen) atoms. The van der Waals surface area contributed by atoms with E-state index in [9.17, 15) is 4.79 Å². The van der Waals surface area contributed by atoms with Gasteiger partial charge in [0.25, 0.3) is 5.22 Å². The van der Waals surface area contributed by atoms with Crippen LogP contribution in [0.15, 0.2) is 64.2 Å². The molecule has 0 saturated heterocycles. The smallest absolute Gasteiger partial charge is 0.277 e. The monoisotopic (exact) mass is 417 g/mol. The highest BCUT2D eigenvalue weighted by Crippen LogP contribution is 2.24. The predicted molar refractivity (Wildman–Crippen MR) is 110 cm³/mol. The summed E-state index contributed by atoms with van der Waals surface area (Å²) in [7, 11) is 4.16. The molecule has 0 fully saturated rings. The summed E-state index contributed by atoms with van der Waals surface area (Å²) in [6.45, 7) is 0.561. The van der Waals surface area contributed by atoms with E-state index in [4.69, 9.17) is 16.0 Å². The summed E-state index contributed by atoms with van der Waals surface area (Å²) in [4.78, 5) is 13.5. The van der Waals surface area contributed by atoms with Crippen molar-refractivity contribution in [2.75, 3.05) is 26.4 Å². The minimum atomic E-state index is -0.0709. The highest BCUT2D eigenvalue weighted by Gasteiger charge is 2.19. The van der Waals surface area contributed by atoms with Gasteiger partial charge < -0.3 is 14.6 Å². The van der Waals surface area contributed by atoms with Gasteiger partial charge in [-0.15, -0.1) is 10.2 Å². The molecule has 0 aliphatic carbocycles. The van der Waals surface area contributed by atoms with Crippen molar-refractivity contribution in [1.82, 2.24) is 15.5 Å². The molecule has 146 valence electrons. The second-order valence-corrected chi connectivity index (χ2v) is 7.88. The number of hydrogen-bond acceptors (Lipinski definition) is 5. The Labute approximate surface area is 173 Å². The molecule has 0 aliphatic heterocycles. The van der Waals surface area contributed by atoms with E-state index >= 15 is 0 Å². The Bertz CT molecular complexity index is 900. The Hall–Kier alpha value is -2.35. The molecular weight excluding hydrogens is 396 g/mol. The minimum absolute atomic E-state index is 0.0709. The third-order valence-corrected chi connectivity index (χ3v) is 5.30. The third kappa shape index (κ3) is 5.58. The molecule has 1 aromatic heterocycles. The van der Waals surface area contributed by atoms with E-state index in [2.05, 4.69) is 41.7 Å². The summed E-state index contributed by atoms with van der Waals surface area (Å²) in [6.07, 6.45) is 0. The van der Waals surface area contributed by atoms with Gasteiger partial charge in [0.15, 0.2) is 0 Å². The van der Waals surface area contributed by atoms with Crippen molar-refractivity contribution in [2.24, 2.45) is 0 Å². The van der Waals surface area contributed by atoms with E-state index < -0.39 is 0 Å². The lowest BCUT2D eigenvalue weighted by atomic mass is 10.1. The molecule has 0 unspecified atom stereocenters. The molecule has 1 atom stereocenters. The second kappa shape index (κ2) is 9.73. The highest BCUT2D eigenvalue weighted by atomic mass is 35.5. The first kappa shape index (κ1) is 20.4. The van der Waals surface area contributed by atoms with Crippen LogP contribution in [0.2, 0.25) is 5.02 Å². The maximum Gasteiger partial charge on any atom is 0.277 e. The fourth-order valence-electron chi connectivity index (χ4n) is 2.71. The number of thioether (sulfide) groups is 1. The number of nitrogens with one attached hydrogen (secondary N) is 2. The molecule has 0 spiro atoms. The normalized spacial score (nSPS) is 12.1. The van der Waals surface area contributed by atoms with Gasteiger partial charge >= 0.3 is 0 Å². The maximum atomic E-state index is 12.2. The molecule has 2 N–H and O–H groups in total. The zero-order valence-corrected chi connectivity index (χ0v) is 17.3. The first-order valence-electron chi connectivity index (χ1n) is 8.87. The van der Waals surface area contributed by atoms with Crippen LogP contribution >= 0.6 is 23.4 Å². The largest absolute Gasteiger partial charge is 0.411 e. The van der Waals surface area contributed by atoms with Crippen LogP contribution in [-0.2, 0) is 4.79 Å². The van der Waals surface area contributed by atoms with Crippen LogP contribution in [0.5, 0.6) is 0 Å². The number of nitrogens with zero attached hydrogens (tertiary/aromatic N) is 2. The second-order valence-electron chi connectivity index (χ2n) is 6.51. The van der Waals surface area contributed by atoms with Crippen molar-refractivity contribution in [3.63, 3.8) is 0 Å². The van der Waals surface area contributed by atoms with E-state index in [-0.39, 0.29) is 17.7 Å². The number of benzene rings is 2. The average Bonchev–Trinajstić information content (AvgIpc) is 3.17. The molecule has 1 amide bonds. The number of halogens is 1. The van der Waals surface area contributed by atoms with Gasteiger partial charge in [0.05, 0.1) is 26.4 Å². The number of carbonyl (C=O) groups excluding carboxylic acids is 1. The van der Waals surface area contributed by atoms with Crippen molar-refractivity contribution in [1.29, 1.82) is 0 Å². The molecule has 6 nitrogen and oxygen atoms in total. The van der Waals surface area contributed by atoms with E-state index in [1.807, 2.05) is 30.3 Å². The van der Waals surface area contributed by atoms with E-state index in [0.29, 0.717) is 22.7 Å². The zero-order chi connectivity index (χ0) is 19.9. The SMILES string of the molecule is C[NH+](C)[C@@H](CNC(=O)CSc1nnc(-c2ccc(Cl)cc2)o1)c1ccccc1. The molecule has 0 saturated carbocycles. The number of carbonyl (C=O) groups is 1. The van der Waals surface area contributed by atoms with Crippen molar-refractivity contribution in [2.45, 2.75) is 11.3 Å². The van der Waals surface area contributed by atoms with E-state index in [1.165, 1.54) is 22.2 Å². The van der Waals surface area contributed by atoms with Gasteiger partial charge in [-0.25, -0.2) is 0 Å². The number of quaternary nitrogens is 1. The van der Waals surface area contributed by atoms with Gasteiger partial charge in [-0.2, -0.15) is 0 Å². The molecule has 3 aromatic rings. The third-order valence-electron chi connectivity index (χ3n) is 4.23. The Morgan fingerprint density at radius 2 is 1.86 bits per heavy atom. The average molecular weight is 418 g/mol. The van der Waals surface area contributed by atoms with E-state index in [1.54, 1.807) is 12.1 Å². The first-order valence-corrected chi connectivity index (χ1v) is 10.2. The Balaban J connectivity index is 1.51. The topological polar surface area (TPSA) is 72.5 Å². The van der Waals surface area contributed by atoms with Crippen LogP contribution in [0.25, 0.3) is 11.5 Å². The van der Waals surface area contributed by atoms with Gasteiger partial charge in [0.2, 0.25) is 11.8 Å². The first-order chi connectivity index (χ1) is 13.5. The van der Waals surface area contributed by atoms with Gasteiger partial charge in [0, 0.05) is 16.1 Å². The van der Waals surface area contributed by atoms with Gasteiger partial charge in [-0.3, -0.25) is 4.79 Å². The standard InChI is InChI=1S/C20H21ClN4O2S/c1-25(2)17(14-6-4-3-5-7-14)12-22-18(26)13-28-20-24-23-19(27-20)15-8-10-16(21)11-9-15/h3-11,17H,12-13H2,1-2H3,(H,22,26)/p+1/t17-/m0/s1. The Morgan fingerprint density at radius 1 is 1.14 bits per heavy atom. The van der Waals surface area contributed by atoms with Gasteiger partial charge in [-0.1, -0.05) is 53.7 Å². The molecule has 0 radical (unpaired) electrons. The van der Waals surface area contributed by atoms with Crippen LogP contribution in [-0.4, -0.2) is 42.5 Å². The molecule has 0 aliphatic rings. The Morgan fingerprint density at radius 3 is 2.54 bits per heavy atom. The number of rotatable bonds is 8. The number of hydrogen-bond donors (Lipinski definition) is 2. The highest BCUT2D eigenvalue weighted by molar-refractivity contribution is 7.99. The zero-order valence-electron chi connectivity index (χ0n) is 15.7. The summed E-state index contributed by atoms with van der Waals surface area (Å²) in [5.74, 6) is 0.547. The molecular formula is C20H22ClN4O2S+. The molecule has 8 heteroatoms. The summed E-state index contributed by atoms with van der Waals surface area (Å²) in [6, 6.07) is 17.5. The van der Waals surface area contributed by atoms with Crippen LogP contribution in [0.3, 0.4) is 0 Å². The minimum Gasteiger partial charge on any atom is -0.411 e. The summed E-state index contributed by atoms with van der Waals surface area (Å²) in [5.41, 5.74) is 1.98. The van der Waals surface area contributed by atoms with Crippen molar-refractivity contribution >= 4 is 29.3 Å². The molecule has 2 aromatic carbocycles. The lowest BCUT2D eigenvalue weighted by Crippen LogP contribution is -3.07. The molecule has 1 heterocycles. The maximum absolute atomic E-state index is 12.2. The van der Waals surface area contributed by atoms with Crippen molar-refractivity contribution in [3.8, 4) is 11.5 Å². The lowest BCUT2D eigenvalue weighted by Gasteiger charge is -2.22. The quantitative estimate of drug-likeness (QED) is 0.551. The van der Waals surface area contributed by atoms with Crippen molar-refractivity contribution in [3.05, 3.63) is 65.2 Å². The fourth-order valence-corrected chi connectivity index (χ4v) is 3.43. The van der Waals surface area contributed by atoms with Gasteiger partial charge in [0.1, 0.15) is 6.04 Å². The van der Waals surface area contributed by atoms with Crippen LogP contribution in [0.1, 0.15) is 11.6 Å². The van der Waals surface area contributed by atoms with Crippen LogP contribution in [0, 0.1) is 0 Å².